The van der Waals surface area contributed by atoms with E-state index in [2.05, 4.69) is 29.6 Å². The van der Waals surface area contributed by atoms with Crippen LogP contribution in [0.1, 0.15) is 62.6 Å². The van der Waals surface area contributed by atoms with Gasteiger partial charge < -0.3 is 19.7 Å². The predicted molar refractivity (Wildman–Crippen MR) is 119 cm³/mol. The second-order valence-corrected chi connectivity index (χ2v) is 8.84. The molecule has 0 saturated carbocycles. The van der Waals surface area contributed by atoms with E-state index >= 15 is 0 Å². The Bertz CT molecular complexity index is 842. The van der Waals surface area contributed by atoms with Crippen molar-refractivity contribution >= 4 is 11.8 Å². The molecule has 1 heterocycles. The first-order chi connectivity index (χ1) is 15.1. The standard InChI is InChI=1S/C25H34N2O4/c1-3-21(28)26-22-19-10-6-7-11-20(19)25(23(22)31-17-16-30-2)12-14-27(15-13-25)24(29)18-8-4-5-9-18/h6-8,10-11,22-23H,3-5,9,12-17H2,1-2H3,(H,26,28)/t22-,23+/m0/s1. The van der Waals surface area contributed by atoms with E-state index in [4.69, 9.17) is 9.47 Å². The molecule has 1 N–H and O–H groups in total. The van der Waals surface area contributed by atoms with Crippen molar-refractivity contribution in [3.8, 4) is 0 Å². The van der Waals surface area contributed by atoms with Crippen molar-refractivity contribution in [2.75, 3.05) is 33.4 Å². The molecule has 168 valence electrons. The van der Waals surface area contributed by atoms with E-state index in [0.717, 1.165) is 43.2 Å². The number of carbonyl (C=O) groups excluding carboxylic acids is 2. The fraction of sp³-hybridized carbons (Fsp3) is 0.600. The van der Waals surface area contributed by atoms with Crippen molar-refractivity contribution in [3.63, 3.8) is 0 Å². The minimum atomic E-state index is -0.211. The minimum Gasteiger partial charge on any atom is -0.382 e. The number of hydrogen-bond acceptors (Lipinski definition) is 4. The number of amides is 2. The highest BCUT2D eigenvalue weighted by molar-refractivity contribution is 5.93. The number of rotatable bonds is 7. The number of likely N-dealkylation sites (tertiary alicyclic amines) is 1. The maximum atomic E-state index is 12.9. The van der Waals surface area contributed by atoms with Gasteiger partial charge in [0.15, 0.2) is 0 Å². The first-order valence-corrected chi connectivity index (χ1v) is 11.6. The zero-order valence-corrected chi connectivity index (χ0v) is 18.7. The fourth-order valence-corrected chi connectivity index (χ4v) is 5.53. The number of nitrogens with one attached hydrogen (secondary N) is 1. The van der Waals surface area contributed by atoms with Crippen LogP contribution in [-0.4, -0.2) is 56.2 Å². The second kappa shape index (κ2) is 9.53. The Morgan fingerprint density at radius 1 is 1.19 bits per heavy atom. The summed E-state index contributed by atoms with van der Waals surface area (Å²) < 4.78 is 11.6. The molecule has 0 aromatic heterocycles. The lowest BCUT2D eigenvalue weighted by molar-refractivity contribution is -0.130. The van der Waals surface area contributed by atoms with Crippen LogP contribution in [0, 0.1) is 0 Å². The molecule has 4 rings (SSSR count). The third-order valence-electron chi connectivity index (χ3n) is 7.16. The Balaban J connectivity index is 1.60. The van der Waals surface area contributed by atoms with E-state index in [1.54, 1.807) is 7.11 Å². The largest absolute Gasteiger partial charge is 0.382 e. The molecule has 0 radical (unpaired) electrons. The van der Waals surface area contributed by atoms with Gasteiger partial charge in [-0.25, -0.2) is 0 Å². The molecule has 1 saturated heterocycles. The summed E-state index contributed by atoms with van der Waals surface area (Å²) in [5, 5.41) is 3.22. The summed E-state index contributed by atoms with van der Waals surface area (Å²) in [6.45, 7) is 4.28. The average Bonchev–Trinajstić information content (AvgIpc) is 3.42. The van der Waals surface area contributed by atoms with E-state index < -0.39 is 0 Å². The molecule has 1 spiro atoms. The van der Waals surface area contributed by atoms with Gasteiger partial charge in [-0.1, -0.05) is 37.3 Å². The van der Waals surface area contributed by atoms with Crippen LogP contribution in [0.4, 0.5) is 0 Å². The Kier molecular flexibility index (Phi) is 6.77. The van der Waals surface area contributed by atoms with Crippen molar-refractivity contribution in [3.05, 3.63) is 47.0 Å². The zero-order chi connectivity index (χ0) is 21.8. The fourth-order valence-electron chi connectivity index (χ4n) is 5.53. The molecule has 0 unspecified atom stereocenters. The van der Waals surface area contributed by atoms with Crippen molar-refractivity contribution in [2.45, 2.75) is 63.0 Å². The molecule has 1 aromatic rings. The maximum absolute atomic E-state index is 12.9. The third kappa shape index (κ3) is 4.15. The highest BCUT2D eigenvalue weighted by Gasteiger charge is 2.54. The lowest BCUT2D eigenvalue weighted by Gasteiger charge is -2.44. The molecule has 2 atom stereocenters. The van der Waals surface area contributed by atoms with E-state index in [0.29, 0.717) is 32.7 Å². The Morgan fingerprint density at radius 3 is 2.65 bits per heavy atom. The normalized spacial score (nSPS) is 24.2. The molecular weight excluding hydrogens is 392 g/mol. The summed E-state index contributed by atoms with van der Waals surface area (Å²) in [7, 11) is 1.67. The molecule has 3 aliphatic rings. The van der Waals surface area contributed by atoms with E-state index in [1.807, 2.05) is 17.9 Å². The van der Waals surface area contributed by atoms with Gasteiger partial charge in [0.1, 0.15) is 0 Å². The Hall–Kier alpha value is -2.18. The minimum absolute atomic E-state index is 0.0259. The summed E-state index contributed by atoms with van der Waals surface area (Å²) >= 11 is 0. The van der Waals surface area contributed by atoms with Gasteiger partial charge in [-0.05, 0) is 43.2 Å². The lowest BCUT2D eigenvalue weighted by Crippen LogP contribution is -2.52. The van der Waals surface area contributed by atoms with Crippen LogP contribution in [0.25, 0.3) is 0 Å². The van der Waals surface area contributed by atoms with Gasteiger partial charge in [0, 0.05) is 37.6 Å². The molecule has 2 aliphatic carbocycles. The molecule has 0 bridgehead atoms. The quantitative estimate of drug-likeness (QED) is 0.680. The third-order valence-corrected chi connectivity index (χ3v) is 7.16. The van der Waals surface area contributed by atoms with Crippen LogP contribution >= 0.6 is 0 Å². The number of fused-ring (bicyclic) bond motifs is 2. The smallest absolute Gasteiger partial charge is 0.249 e. The van der Waals surface area contributed by atoms with Crippen molar-refractivity contribution in [2.24, 2.45) is 0 Å². The highest BCUT2D eigenvalue weighted by atomic mass is 16.5. The summed E-state index contributed by atoms with van der Waals surface area (Å²) in [4.78, 5) is 27.3. The molecule has 31 heavy (non-hydrogen) atoms. The first kappa shape index (κ1) is 22.0. The number of nitrogens with zero attached hydrogens (tertiary/aromatic N) is 1. The van der Waals surface area contributed by atoms with Crippen molar-refractivity contribution in [1.82, 2.24) is 10.2 Å². The van der Waals surface area contributed by atoms with Crippen LogP contribution in [0.5, 0.6) is 0 Å². The van der Waals surface area contributed by atoms with Crippen LogP contribution < -0.4 is 5.32 Å². The number of carbonyl (C=O) groups is 2. The number of ether oxygens (including phenoxy) is 2. The van der Waals surface area contributed by atoms with Gasteiger partial charge in [0.25, 0.3) is 0 Å². The summed E-state index contributed by atoms with van der Waals surface area (Å²) in [6, 6.07) is 8.20. The SMILES string of the molecule is CCC(=O)N[C@H]1c2ccccc2C2(CCN(C(=O)C3=CCCC3)CC2)[C@@H]1OCCOC. The molecule has 6 nitrogen and oxygen atoms in total. The molecular formula is C25H34N2O4. The first-order valence-electron chi connectivity index (χ1n) is 11.6. The number of hydrogen-bond donors (Lipinski definition) is 1. The summed E-state index contributed by atoms with van der Waals surface area (Å²) in [6.07, 6.45) is 7.04. The van der Waals surface area contributed by atoms with Crippen LogP contribution in [0.15, 0.2) is 35.9 Å². The summed E-state index contributed by atoms with van der Waals surface area (Å²) in [5.41, 5.74) is 3.16. The van der Waals surface area contributed by atoms with Crippen LogP contribution in [0.2, 0.25) is 0 Å². The van der Waals surface area contributed by atoms with E-state index in [-0.39, 0.29) is 29.4 Å². The number of benzene rings is 1. The predicted octanol–water partition coefficient (Wildman–Crippen LogP) is 3.27. The van der Waals surface area contributed by atoms with Gasteiger partial charge in [-0.3, -0.25) is 9.59 Å². The number of piperidine rings is 1. The maximum Gasteiger partial charge on any atom is 0.249 e. The van der Waals surface area contributed by atoms with Gasteiger partial charge in [0.05, 0.1) is 25.4 Å². The van der Waals surface area contributed by atoms with Crippen molar-refractivity contribution in [1.29, 1.82) is 0 Å². The number of methoxy groups -OCH3 is 1. The molecule has 6 heteroatoms. The monoisotopic (exact) mass is 426 g/mol. The second-order valence-electron chi connectivity index (χ2n) is 8.84. The molecule has 2 amide bonds. The number of allylic oxidation sites excluding steroid dienone is 1. The van der Waals surface area contributed by atoms with E-state index in [1.165, 1.54) is 5.56 Å². The van der Waals surface area contributed by atoms with Gasteiger partial charge >= 0.3 is 0 Å². The zero-order valence-electron chi connectivity index (χ0n) is 18.7. The van der Waals surface area contributed by atoms with Crippen molar-refractivity contribution < 1.29 is 19.1 Å². The highest BCUT2D eigenvalue weighted by Crippen LogP contribution is 2.52. The summed E-state index contributed by atoms with van der Waals surface area (Å²) in [5.74, 6) is 0.226. The van der Waals surface area contributed by atoms with Gasteiger partial charge in [-0.15, -0.1) is 0 Å². The molecule has 1 aliphatic heterocycles. The Labute approximate surface area is 185 Å². The van der Waals surface area contributed by atoms with Crippen LogP contribution in [-0.2, 0) is 24.5 Å². The van der Waals surface area contributed by atoms with Gasteiger partial charge in [0.2, 0.25) is 11.8 Å². The molecule has 1 fully saturated rings. The average molecular weight is 427 g/mol. The van der Waals surface area contributed by atoms with Gasteiger partial charge in [-0.2, -0.15) is 0 Å². The lowest BCUT2D eigenvalue weighted by atomic mass is 9.71. The Morgan fingerprint density at radius 2 is 1.97 bits per heavy atom. The van der Waals surface area contributed by atoms with Crippen LogP contribution in [0.3, 0.4) is 0 Å². The topological polar surface area (TPSA) is 67.9 Å². The molecule has 1 aromatic carbocycles. The van der Waals surface area contributed by atoms with E-state index in [9.17, 15) is 9.59 Å².